The van der Waals surface area contributed by atoms with Crippen molar-refractivity contribution in [2.24, 2.45) is 4.99 Å². The van der Waals surface area contributed by atoms with Crippen LogP contribution >= 0.6 is 24.0 Å². The smallest absolute Gasteiger partial charge is 0.193 e. The Bertz CT molecular complexity index is 795. The van der Waals surface area contributed by atoms with Gasteiger partial charge in [0.2, 0.25) is 0 Å². The van der Waals surface area contributed by atoms with Crippen LogP contribution in [0.4, 0.5) is 5.69 Å². The van der Waals surface area contributed by atoms with Crippen molar-refractivity contribution in [3.63, 3.8) is 0 Å². The van der Waals surface area contributed by atoms with Crippen molar-refractivity contribution in [2.45, 2.75) is 38.0 Å². The van der Waals surface area contributed by atoms with Gasteiger partial charge in [0.1, 0.15) is 0 Å². The lowest BCUT2D eigenvalue weighted by Gasteiger charge is -2.39. The van der Waals surface area contributed by atoms with E-state index in [9.17, 15) is 8.42 Å². The van der Waals surface area contributed by atoms with Crippen molar-refractivity contribution >= 4 is 45.5 Å². The van der Waals surface area contributed by atoms with Crippen molar-refractivity contribution in [1.82, 2.24) is 10.2 Å². The molecule has 1 N–H and O–H groups in total. The summed E-state index contributed by atoms with van der Waals surface area (Å²) in [6, 6.07) is 8.90. The molecule has 8 heteroatoms. The van der Waals surface area contributed by atoms with Gasteiger partial charge < -0.3 is 15.1 Å². The summed E-state index contributed by atoms with van der Waals surface area (Å²) in [6.07, 6.45) is 1.09. The molecule has 0 aromatic heterocycles. The molecule has 1 unspecified atom stereocenters. The van der Waals surface area contributed by atoms with Crippen LogP contribution in [-0.2, 0) is 16.3 Å². The summed E-state index contributed by atoms with van der Waals surface area (Å²) in [4.78, 5) is 8.88. The van der Waals surface area contributed by atoms with Gasteiger partial charge in [-0.1, -0.05) is 18.2 Å². The second kappa shape index (κ2) is 8.55. The van der Waals surface area contributed by atoms with Crippen LogP contribution in [0, 0.1) is 0 Å². The molecule has 1 saturated heterocycles. The summed E-state index contributed by atoms with van der Waals surface area (Å²) in [5, 5.41) is 3.45. The predicted octanol–water partition coefficient (Wildman–Crippen LogP) is 2.14. The molecule has 0 saturated carbocycles. The number of nitrogens with one attached hydrogen (secondary N) is 1. The Morgan fingerprint density at radius 3 is 2.67 bits per heavy atom. The average molecular weight is 506 g/mol. The zero-order valence-electron chi connectivity index (χ0n) is 16.6. The van der Waals surface area contributed by atoms with E-state index in [2.05, 4.69) is 51.3 Å². The van der Waals surface area contributed by atoms with Crippen LogP contribution in [0.2, 0.25) is 0 Å². The lowest BCUT2D eigenvalue weighted by atomic mass is 10.2. The highest BCUT2D eigenvalue weighted by molar-refractivity contribution is 14.0. The molecule has 2 heterocycles. The van der Waals surface area contributed by atoms with E-state index in [1.807, 2.05) is 0 Å². The molecule has 152 valence electrons. The summed E-state index contributed by atoms with van der Waals surface area (Å²) in [6.45, 7) is 8.58. The van der Waals surface area contributed by atoms with E-state index in [0.29, 0.717) is 19.1 Å². The van der Waals surface area contributed by atoms with Gasteiger partial charge in [-0.25, -0.2) is 8.42 Å². The zero-order chi connectivity index (χ0) is 18.9. The van der Waals surface area contributed by atoms with Crippen molar-refractivity contribution in [2.75, 3.05) is 43.9 Å². The first-order valence-corrected chi connectivity index (χ1v) is 10.9. The Hall–Kier alpha value is -1.03. The molecule has 27 heavy (non-hydrogen) atoms. The van der Waals surface area contributed by atoms with Crippen LogP contribution in [0.25, 0.3) is 0 Å². The largest absolute Gasteiger partial charge is 0.366 e. The highest BCUT2D eigenvalue weighted by atomic mass is 127. The van der Waals surface area contributed by atoms with Crippen LogP contribution in [0.3, 0.4) is 0 Å². The monoisotopic (exact) mass is 506 g/mol. The molecule has 1 aromatic carbocycles. The van der Waals surface area contributed by atoms with E-state index in [-0.39, 0.29) is 29.7 Å². The van der Waals surface area contributed by atoms with Crippen molar-refractivity contribution < 1.29 is 8.42 Å². The zero-order valence-corrected chi connectivity index (χ0v) is 19.8. The number of fused-ring (bicyclic) bond motifs is 1. The van der Waals surface area contributed by atoms with Gasteiger partial charge in [-0.3, -0.25) is 4.99 Å². The van der Waals surface area contributed by atoms with Gasteiger partial charge in [0.25, 0.3) is 0 Å². The molecule has 1 atom stereocenters. The molecular formula is C19H31IN4O2S. The third kappa shape index (κ3) is 4.52. The second-order valence-corrected chi connectivity index (χ2v) is 10.6. The molecule has 0 spiro atoms. The highest BCUT2D eigenvalue weighted by Crippen LogP contribution is 2.29. The van der Waals surface area contributed by atoms with Gasteiger partial charge in [0.05, 0.1) is 10.5 Å². The van der Waals surface area contributed by atoms with E-state index < -0.39 is 14.6 Å². The molecule has 0 radical (unpaired) electrons. The third-order valence-corrected chi connectivity index (χ3v) is 8.10. The van der Waals surface area contributed by atoms with E-state index >= 15 is 0 Å². The molecule has 0 aliphatic carbocycles. The topological polar surface area (TPSA) is 65.0 Å². The molecular weight excluding hydrogens is 475 g/mol. The lowest BCUT2D eigenvalue weighted by molar-refractivity contribution is 0.352. The van der Waals surface area contributed by atoms with Crippen molar-refractivity contribution in [3.05, 3.63) is 29.8 Å². The Labute approximate surface area is 180 Å². The minimum absolute atomic E-state index is 0. The number of halogens is 1. The van der Waals surface area contributed by atoms with E-state index in [0.717, 1.165) is 25.5 Å². The average Bonchev–Trinajstić information content (AvgIpc) is 3.02. The van der Waals surface area contributed by atoms with Crippen LogP contribution < -0.4 is 10.2 Å². The first-order valence-electron chi connectivity index (χ1n) is 9.27. The number of aliphatic imine (C=N–C) groups is 1. The Kier molecular flexibility index (Phi) is 7.05. The first kappa shape index (κ1) is 22.3. The van der Waals surface area contributed by atoms with Gasteiger partial charge in [0.15, 0.2) is 15.8 Å². The second-order valence-electron chi connectivity index (χ2n) is 7.85. The number of guanidine groups is 1. The van der Waals surface area contributed by atoms with Gasteiger partial charge in [0, 0.05) is 45.0 Å². The summed E-state index contributed by atoms with van der Waals surface area (Å²) in [5.74, 6) is 0.961. The fourth-order valence-electron chi connectivity index (χ4n) is 3.83. The molecule has 1 fully saturated rings. The number of anilines is 1. The summed E-state index contributed by atoms with van der Waals surface area (Å²) in [7, 11) is -1.29. The fraction of sp³-hybridized carbons (Fsp3) is 0.632. The Morgan fingerprint density at radius 1 is 1.30 bits per heavy atom. The van der Waals surface area contributed by atoms with Crippen LogP contribution in [0.1, 0.15) is 26.3 Å². The molecule has 1 aromatic rings. The van der Waals surface area contributed by atoms with E-state index in [4.69, 9.17) is 0 Å². The summed E-state index contributed by atoms with van der Waals surface area (Å²) >= 11 is 0. The summed E-state index contributed by atoms with van der Waals surface area (Å²) < 4.78 is 23.7. The van der Waals surface area contributed by atoms with Crippen LogP contribution in [0.15, 0.2) is 29.3 Å². The number of rotatable bonds is 3. The Morgan fingerprint density at radius 2 is 2.00 bits per heavy atom. The highest BCUT2D eigenvalue weighted by Gasteiger charge is 2.41. The SMILES string of the molecule is CN=C(NCC(C)N1CCc2ccccc21)N1CCS(=O)(=O)C(C)(C)C1.I. The van der Waals surface area contributed by atoms with Gasteiger partial charge in [-0.15, -0.1) is 24.0 Å². The molecule has 6 nitrogen and oxygen atoms in total. The number of hydrogen-bond donors (Lipinski definition) is 1. The number of benzene rings is 1. The standard InChI is InChI=1S/C19H30N4O2S.HI/c1-15(23-10-9-16-7-5-6-8-17(16)23)13-21-18(20-4)22-11-12-26(24,25)19(2,3)14-22;/h5-8,15H,9-14H2,1-4H3,(H,20,21);1H. The third-order valence-electron chi connectivity index (χ3n) is 5.57. The molecule has 2 aliphatic heterocycles. The van der Waals surface area contributed by atoms with Crippen LogP contribution in [0.5, 0.6) is 0 Å². The lowest BCUT2D eigenvalue weighted by Crippen LogP contribution is -2.58. The fourth-order valence-corrected chi connectivity index (χ4v) is 5.19. The first-order chi connectivity index (χ1) is 12.2. The Balaban J connectivity index is 0.00000261. The molecule has 0 amide bonds. The normalized spacial score (nSPS) is 22.0. The predicted molar refractivity (Wildman–Crippen MR) is 123 cm³/mol. The van der Waals surface area contributed by atoms with Gasteiger partial charge in [-0.05, 0) is 38.8 Å². The molecule has 0 bridgehead atoms. The minimum atomic E-state index is -3.05. The molecule has 2 aliphatic rings. The maximum Gasteiger partial charge on any atom is 0.193 e. The van der Waals surface area contributed by atoms with Crippen molar-refractivity contribution in [3.8, 4) is 0 Å². The van der Waals surface area contributed by atoms with Crippen molar-refractivity contribution in [1.29, 1.82) is 0 Å². The minimum Gasteiger partial charge on any atom is -0.366 e. The van der Waals surface area contributed by atoms with E-state index in [1.54, 1.807) is 20.9 Å². The number of hydrogen-bond acceptors (Lipinski definition) is 4. The number of para-hydroxylation sites is 1. The number of nitrogens with zero attached hydrogens (tertiary/aromatic N) is 3. The summed E-state index contributed by atoms with van der Waals surface area (Å²) in [5.41, 5.74) is 2.73. The van der Waals surface area contributed by atoms with E-state index in [1.165, 1.54) is 11.3 Å². The molecule has 3 rings (SSSR count). The van der Waals surface area contributed by atoms with Crippen LogP contribution in [-0.4, -0.2) is 69.0 Å². The van der Waals surface area contributed by atoms with Gasteiger partial charge in [-0.2, -0.15) is 0 Å². The maximum absolute atomic E-state index is 12.2. The maximum atomic E-state index is 12.2. The number of sulfone groups is 1. The van der Waals surface area contributed by atoms with Gasteiger partial charge >= 0.3 is 0 Å². The quantitative estimate of drug-likeness (QED) is 0.387.